The maximum atomic E-state index is 10.9. The van der Waals surface area contributed by atoms with Crippen molar-refractivity contribution in [2.45, 2.75) is 20.0 Å². The SMILES string of the molecule is CC(C)Oc1cccc(C(N)=O)c1O. The molecule has 0 aliphatic carbocycles. The van der Waals surface area contributed by atoms with Gasteiger partial charge in [-0.1, -0.05) is 6.07 Å². The summed E-state index contributed by atoms with van der Waals surface area (Å²) in [5.41, 5.74) is 5.13. The van der Waals surface area contributed by atoms with E-state index in [4.69, 9.17) is 10.5 Å². The summed E-state index contributed by atoms with van der Waals surface area (Å²) in [4.78, 5) is 10.9. The van der Waals surface area contributed by atoms with E-state index in [9.17, 15) is 9.90 Å². The first-order valence-corrected chi connectivity index (χ1v) is 4.30. The first-order chi connectivity index (χ1) is 6.52. The smallest absolute Gasteiger partial charge is 0.252 e. The Hall–Kier alpha value is -1.71. The van der Waals surface area contributed by atoms with Gasteiger partial charge < -0.3 is 15.6 Å². The lowest BCUT2D eigenvalue weighted by molar-refractivity contribution is 0.0996. The Morgan fingerprint density at radius 1 is 1.50 bits per heavy atom. The molecule has 0 aliphatic rings. The van der Waals surface area contributed by atoms with Crippen LogP contribution in [0.1, 0.15) is 24.2 Å². The van der Waals surface area contributed by atoms with Crippen LogP contribution in [0.4, 0.5) is 0 Å². The molecule has 1 rings (SSSR count). The zero-order valence-electron chi connectivity index (χ0n) is 8.15. The predicted octanol–water partition coefficient (Wildman–Crippen LogP) is 1.28. The molecule has 1 amide bonds. The van der Waals surface area contributed by atoms with E-state index in [0.29, 0.717) is 0 Å². The Morgan fingerprint density at radius 2 is 2.14 bits per heavy atom. The van der Waals surface area contributed by atoms with E-state index in [1.807, 2.05) is 13.8 Å². The number of ether oxygens (including phenoxy) is 1. The van der Waals surface area contributed by atoms with Gasteiger partial charge in [0, 0.05) is 0 Å². The molecule has 0 saturated heterocycles. The summed E-state index contributed by atoms with van der Waals surface area (Å²) in [6.07, 6.45) is -0.0657. The number of carbonyl (C=O) groups excluding carboxylic acids is 1. The number of benzene rings is 1. The number of aromatic hydroxyl groups is 1. The number of hydrogen-bond acceptors (Lipinski definition) is 3. The van der Waals surface area contributed by atoms with Gasteiger partial charge in [-0.25, -0.2) is 0 Å². The molecule has 4 nitrogen and oxygen atoms in total. The summed E-state index contributed by atoms with van der Waals surface area (Å²) >= 11 is 0. The average Bonchev–Trinajstić information content (AvgIpc) is 2.07. The van der Waals surface area contributed by atoms with Gasteiger partial charge in [-0.3, -0.25) is 4.79 Å². The molecule has 14 heavy (non-hydrogen) atoms. The number of para-hydroxylation sites is 1. The van der Waals surface area contributed by atoms with Crippen LogP contribution in [0.3, 0.4) is 0 Å². The second-order valence-corrected chi connectivity index (χ2v) is 3.18. The second-order valence-electron chi connectivity index (χ2n) is 3.18. The van der Waals surface area contributed by atoms with E-state index >= 15 is 0 Å². The largest absolute Gasteiger partial charge is 0.504 e. The van der Waals surface area contributed by atoms with E-state index in [0.717, 1.165) is 0 Å². The maximum Gasteiger partial charge on any atom is 0.252 e. The van der Waals surface area contributed by atoms with Crippen LogP contribution in [0.25, 0.3) is 0 Å². The van der Waals surface area contributed by atoms with Crippen LogP contribution in [-0.2, 0) is 0 Å². The fraction of sp³-hybridized carbons (Fsp3) is 0.300. The van der Waals surface area contributed by atoms with Crippen LogP contribution in [-0.4, -0.2) is 17.1 Å². The minimum absolute atomic E-state index is 0.0657. The number of rotatable bonds is 3. The van der Waals surface area contributed by atoms with Crippen molar-refractivity contribution >= 4 is 5.91 Å². The predicted molar refractivity (Wildman–Crippen MR) is 52.4 cm³/mol. The van der Waals surface area contributed by atoms with Gasteiger partial charge in [0.05, 0.1) is 11.7 Å². The zero-order valence-corrected chi connectivity index (χ0v) is 8.15. The van der Waals surface area contributed by atoms with Gasteiger partial charge in [0.2, 0.25) is 0 Å². The van der Waals surface area contributed by atoms with Crippen LogP contribution < -0.4 is 10.5 Å². The molecule has 0 fully saturated rings. The first kappa shape index (κ1) is 10.4. The molecule has 0 atom stereocenters. The van der Waals surface area contributed by atoms with Gasteiger partial charge in [-0.2, -0.15) is 0 Å². The van der Waals surface area contributed by atoms with Crippen molar-refractivity contribution in [3.63, 3.8) is 0 Å². The summed E-state index contributed by atoms with van der Waals surface area (Å²) in [7, 11) is 0. The lowest BCUT2D eigenvalue weighted by Gasteiger charge is -2.12. The Kier molecular flexibility index (Phi) is 2.96. The van der Waals surface area contributed by atoms with E-state index < -0.39 is 5.91 Å². The maximum absolute atomic E-state index is 10.9. The minimum Gasteiger partial charge on any atom is -0.504 e. The molecular weight excluding hydrogens is 182 g/mol. The monoisotopic (exact) mass is 195 g/mol. The van der Waals surface area contributed by atoms with E-state index in [1.165, 1.54) is 6.07 Å². The van der Waals surface area contributed by atoms with Crippen molar-refractivity contribution < 1.29 is 14.6 Å². The molecule has 0 spiro atoms. The quantitative estimate of drug-likeness (QED) is 0.763. The molecule has 0 unspecified atom stereocenters. The van der Waals surface area contributed by atoms with Gasteiger partial charge in [-0.05, 0) is 26.0 Å². The van der Waals surface area contributed by atoms with Crippen molar-refractivity contribution in [1.29, 1.82) is 0 Å². The highest BCUT2D eigenvalue weighted by atomic mass is 16.5. The summed E-state index contributed by atoms with van der Waals surface area (Å²) in [5, 5.41) is 9.58. The molecule has 1 aromatic carbocycles. The van der Waals surface area contributed by atoms with E-state index in [1.54, 1.807) is 12.1 Å². The van der Waals surface area contributed by atoms with E-state index in [-0.39, 0.29) is 23.2 Å². The van der Waals surface area contributed by atoms with Crippen molar-refractivity contribution in [2.24, 2.45) is 5.73 Å². The number of primary amides is 1. The molecule has 4 heteroatoms. The first-order valence-electron chi connectivity index (χ1n) is 4.30. The van der Waals surface area contributed by atoms with Gasteiger partial charge in [-0.15, -0.1) is 0 Å². The molecule has 1 aromatic rings. The summed E-state index contributed by atoms with van der Waals surface area (Å²) in [6.45, 7) is 3.66. The minimum atomic E-state index is -0.670. The molecule has 0 heterocycles. The third kappa shape index (κ3) is 2.16. The van der Waals surface area contributed by atoms with Crippen molar-refractivity contribution in [3.05, 3.63) is 23.8 Å². The normalized spacial score (nSPS) is 10.2. The highest BCUT2D eigenvalue weighted by Crippen LogP contribution is 2.29. The fourth-order valence-corrected chi connectivity index (χ4v) is 1.07. The van der Waals surface area contributed by atoms with Crippen LogP contribution >= 0.6 is 0 Å². The van der Waals surface area contributed by atoms with Gasteiger partial charge in [0.25, 0.3) is 5.91 Å². The lowest BCUT2D eigenvalue weighted by atomic mass is 10.2. The standard InChI is InChI=1S/C10H13NO3/c1-6(2)14-8-5-3-4-7(9(8)12)10(11)13/h3-6,12H,1-2H3,(H2,11,13). The number of carbonyl (C=O) groups is 1. The van der Waals surface area contributed by atoms with Crippen molar-refractivity contribution in [3.8, 4) is 11.5 Å². The topological polar surface area (TPSA) is 72.5 Å². The number of nitrogens with two attached hydrogens (primary N) is 1. The molecule has 0 bridgehead atoms. The highest BCUT2D eigenvalue weighted by molar-refractivity contribution is 5.96. The average molecular weight is 195 g/mol. The van der Waals surface area contributed by atoms with Crippen LogP contribution in [0.5, 0.6) is 11.5 Å². The molecular formula is C10H13NO3. The Labute approximate surface area is 82.3 Å². The number of phenols is 1. The van der Waals surface area contributed by atoms with E-state index in [2.05, 4.69) is 0 Å². The van der Waals surface area contributed by atoms with Crippen LogP contribution in [0.15, 0.2) is 18.2 Å². The summed E-state index contributed by atoms with van der Waals surface area (Å²) < 4.78 is 5.28. The van der Waals surface area contributed by atoms with Crippen LogP contribution in [0.2, 0.25) is 0 Å². The summed E-state index contributed by atoms with van der Waals surface area (Å²) in [5.74, 6) is -0.596. The Morgan fingerprint density at radius 3 is 2.64 bits per heavy atom. The lowest BCUT2D eigenvalue weighted by Crippen LogP contribution is -2.12. The van der Waals surface area contributed by atoms with Crippen LogP contribution in [0, 0.1) is 0 Å². The fourth-order valence-electron chi connectivity index (χ4n) is 1.07. The Bertz CT molecular complexity index is 347. The summed E-state index contributed by atoms with van der Waals surface area (Å²) in [6, 6.07) is 4.64. The molecule has 76 valence electrons. The molecule has 0 saturated carbocycles. The number of amides is 1. The highest BCUT2D eigenvalue weighted by Gasteiger charge is 2.12. The second kappa shape index (κ2) is 4.00. The number of hydrogen-bond donors (Lipinski definition) is 2. The third-order valence-corrected chi connectivity index (χ3v) is 1.63. The molecule has 3 N–H and O–H groups in total. The van der Waals surface area contributed by atoms with Gasteiger partial charge in [0.15, 0.2) is 11.5 Å². The molecule has 0 aromatic heterocycles. The van der Waals surface area contributed by atoms with Gasteiger partial charge in [0.1, 0.15) is 0 Å². The zero-order chi connectivity index (χ0) is 10.7. The van der Waals surface area contributed by atoms with Crippen molar-refractivity contribution in [1.82, 2.24) is 0 Å². The van der Waals surface area contributed by atoms with Crippen molar-refractivity contribution in [2.75, 3.05) is 0 Å². The molecule has 0 radical (unpaired) electrons. The van der Waals surface area contributed by atoms with Gasteiger partial charge >= 0.3 is 0 Å². The third-order valence-electron chi connectivity index (χ3n) is 1.63. The Balaban J connectivity index is 3.07. The molecule has 0 aliphatic heterocycles.